The largest absolute Gasteiger partial charge is 0.352 e. The Morgan fingerprint density at radius 2 is 1.66 bits per heavy atom. The highest BCUT2D eigenvalue weighted by atomic mass is 16.2. The van der Waals surface area contributed by atoms with Crippen LogP contribution in [0.2, 0.25) is 0 Å². The maximum Gasteiger partial charge on any atom is 0.352 e. The van der Waals surface area contributed by atoms with E-state index in [1.807, 2.05) is 62.4 Å². The molecule has 1 N–H and O–H groups in total. The number of rotatable bonds is 6. The zero-order valence-corrected chi connectivity index (χ0v) is 19.6. The average molecular weight is 468 g/mol. The van der Waals surface area contributed by atoms with Crippen molar-refractivity contribution in [2.45, 2.75) is 33.4 Å². The Labute approximate surface area is 201 Å². The van der Waals surface area contributed by atoms with Gasteiger partial charge in [-0.1, -0.05) is 48.5 Å². The van der Waals surface area contributed by atoms with Crippen molar-refractivity contribution in [3.8, 4) is 0 Å². The van der Waals surface area contributed by atoms with Gasteiger partial charge in [-0.2, -0.15) is 0 Å². The number of nitrogens with zero attached hydrogens (tertiary/aromatic N) is 4. The number of nitrogens with one attached hydrogen (secondary N) is 1. The van der Waals surface area contributed by atoms with Gasteiger partial charge < -0.3 is 5.32 Å². The fraction of sp³-hybridized carbons (Fsp3) is 0.185. The Kier molecular flexibility index (Phi) is 5.78. The SMILES string of the molecule is Cc1ccc(NC(=O)Cn2nc3n(CCc4ccccc4)c(=O)c4ccccc4n3c2=O)cc1C. The van der Waals surface area contributed by atoms with Gasteiger partial charge in [0.1, 0.15) is 6.54 Å². The average Bonchev–Trinajstić information content (AvgIpc) is 3.17. The van der Waals surface area contributed by atoms with Gasteiger partial charge in [0.2, 0.25) is 11.7 Å². The second-order valence-electron chi connectivity index (χ2n) is 8.63. The summed E-state index contributed by atoms with van der Waals surface area (Å²) in [6.07, 6.45) is 0.600. The number of benzene rings is 3. The highest BCUT2D eigenvalue weighted by molar-refractivity contribution is 5.90. The molecule has 2 aromatic heterocycles. The summed E-state index contributed by atoms with van der Waals surface area (Å²) in [4.78, 5) is 39.4. The van der Waals surface area contributed by atoms with Crippen LogP contribution in [0.5, 0.6) is 0 Å². The highest BCUT2D eigenvalue weighted by Gasteiger charge is 2.18. The second kappa shape index (κ2) is 9.06. The Morgan fingerprint density at radius 1 is 0.914 bits per heavy atom. The van der Waals surface area contributed by atoms with Crippen LogP contribution in [-0.4, -0.2) is 24.7 Å². The maximum atomic E-state index is 13.3. The molecule has 0 aliphatic rings. The van der Waals surface area contributed by atoms with Crippen LogP contribution in [0, 0.1) is 13.8 Å². The number of aromatic nitrogens is 4. The molecule has 1 amide bonds. The minimum Gasteiger partial charge on any atom is -0.324 e. The Hall–Kier alpha value is -4.46. The van der Waals surface area contributed by atoms with Crippen LogP contribution in [0.15, 0.2) is 82.4 Å². The third-order valence-corrected chi connectivity index (χ3v) is 6.24. The molecule has 5 aromatic rings. The van der Waals surface area contributed by atoms with Crippen molar-refractivity contribution < 1.29 is 4.79 Å². The monoisotopic (exact) mass is 467 g/mol. The lowest BCUT2D eigenvalue weighted by Crippen LogP contribution is -2.29. The van der Waals surface area contributed by atoms with Crippen molar-refractivity contribution in [2.24, 2.45) is 0 Å². The summed E-state index contributed by atoms with van der Waals surface area (Å²) in [5.74, 6) is -0.158. The van der Waals surface area contributed by atoms with Gasteiger partial charge in [-0.25, -0.2) is 13.9 Å². The van der Waals surface area contributed by atoms with Crippen molar-refractivity contribution in [1.82, 2.24) is 18.7 Å². The van der Waals surface area contributed by atoms with E-state index in [4.69, 9.17) is 0 Å². The van der Waals surface area contributed by atoms with Crippen LogP contribution in [0.1, 0.15) is 16.7 Å². The number of carbonyl (C=O) groups excluding carboxylic acids is 1. The molecule has 0 fully saturated rings. The van der Waals surface area contributed by atoms with Crippen molar-refractivity contribution in [3.63, 3.8) is 0 Å². The molecule has 3 aromatic carbocycles. The first-order chi connectivity index (χ1) is 16.9. The lowest BCUT2D eigenvalue weighted by atomic mass is 10.1. The topological polar surface area (TPSA) is 90.4 Å². The van der Waals surface area contributed by atoms with Crippen LogP contribution in [-0.2, 0) is 24.3 Å². The number of carbonyl (C=O) groups is 1. The number of hydrogen-bond donors (Lipinski definition) is 1. The summed E-state index contributed by atoms with van der Waals surface area (Å²) in [5, 5.41) is 7.67. The summed E-state index contributed by atoms with van der Waals surface area (Å²) < 4.78 is 4.02. The van der Waals surface area contributed by atoms with E-state index in [9.17, 15) is 14.4 Å². The van der Waals surface area contributed by atoms with Crippen molar-refractivity contribution in [2.75, 3.05) is 5.32 Å². The summed E-state index contributed by atoms with van der Waals surface area (Å²) in [5.41, 5.74) is 3.68. The molecule has 0 unspecified atom stereocenters. The van der Waals surface area contributed by atoms with Crippen LogP contribution >= 0.6 is 0 Å². The number of para-hydroxylation sites is 1. The lowest BCUT2D eigenvalue weighted by Gasteiger charge is -2.09. The normalized spacial score (nSPS) is 11.3. The maximum absolute atomic E-state index is 13.3. The lowest BCUT2D eigenvalue weighted by molar-refractivity contribution is -0.117. The molecule has 2 heterocycles. The molecule has 176 valence electrons. The second-order valence-corrected chi connectivity index (χ2v) is 8.63. The van der Waals surface area contributed by atoms with E-state index in [0.29, 0.717) is 29.6 Å². The minimum absolute atomic E-state index is 0.216. The van der Waals surface area contributed by atoms with E-state index in [2.05, 4.69) is 10.4 Å². The number of fused-ring (bicyclic) bond motifs is 3. The van der Waals surface area contributed by atoms with Crippen LogP contribution in [0.3, 0.4) is 0 Å². The third kappa shape index (κ3) is 4.26. The third-order valence-electron chi connectivity index (χ3n) is 6.24. The first-order valence-corrected chi connectivity index (χ1v) is 11.4. The van der Waals surface area contributed by atoms with Gasteiger partial charge in [0, 0.05) is 12.2 Å². The molecule has 0 spiro atoms. The van der Waals surface area contributed by atoms with Crippen LogP contribution < -0.4 is 16.6 Å². The smallest absolute Gasteiger partial charge is 0.324 e. The highest BCUT2D eigenvalue weighted by Crippen LogP contribution is 2.15. The summed E-state index contributed by atoms with van der Waals surface area (Å²) >= 11 is 0. The van der Waals surface area contributed by atoms with Crippen LogP contribution in [0.25, 0.3) is 16.7 Å². The van der Waals surface area contributed by atoms with E-state index in [-0.39, 0.29) is 23.8 Å². The van der Waals surface area contributed by atoms with Crippen LogP contribution in [0.4, 0.5) is 5.69 Å². The molecule has 0 atom stereocenters. The molecule has 8 nitrogen and oxygen atoms in total. The zero-order valence-electron chi connectivity index (χ0n) is 19.6. The van der Waals surface area contributed by atoms with Crippen molar-refractivity contribution in [1.29, 1.82) is 0 Å². The number of amides is 1. The van der Waals surface area contributed by atoms with Gasteiger partial charge in [0.25, 0.3) is 5.56 Å². The summed E-state index contributed by atoms with van der Waals surface area (Å²) in [6.45, 7) is 4.05. The van der Waals surface area contributed by atoms with Gasteiger partial charge in [0.15, 0.2) is 0 Å². The van der Waals surface area contributed by atoms with Gasteiger partial charge in [0.05, 0.1) is 10.9 Å². The molecule has 0 aliphatic heterocycles. The first-order valence-electron chi connectivity index (χ1n) is 11.4. The van der Waals surface area contributed by atoms with E-state index in [0.717, 1.165) is 21.4 Å². The Morgan fingerprint density at radius 3 is 2.43 bits per heavy atom. The van der Waals surface area contributed by atoms with E-state index in [1.54, 1.807) is 24.3 Å². The molecule has 8 heteroatoms. The van der Waals surface area contributed by atoms with Gasteiger partial charge in [-0.05, 0) is 61.2 Å². The molecular weight excluding hydrogens is 442 g/mol. The Bertz CT molecular complexity index is 1680. The molecule has 0 bridgehead atoms. The van der Waals surface area contributed by atoms with Crippen molar-refractivity contribution >= 4 is 28.3 Å². The minimum atomic E-state index is -0.472. The fourth-order valence-electron chi connectivity index (χ4n) is 4.21. The molecule has 0 saturated heterocycles. The molecule has 0 radical (unpaired) electrons. The Balaban J connectivity index is 1.54. The van der Waals surface area contributed by atoms with E-state index < -0.39 is 5.69 Å². The summed E-state index contributed by atoms with van der Waals surface area (Å²) in [6, 6.07) is 22.4. The van der Waals surface area contributed by atoms with E-state index in [1.165, 1.54) is 8.97 Å². The van der Waals surface area contributed by atoms with Crippen molar-refractivity contribution in [3.05, 3.63) is 110 Å². The number of anilines is 1. The molecule has 0 saturated carbocycles. The molecule has 5 rings (SSSR count). The van der Waals surface area contributed by atoms with Gasteiger partial charge >= 0.3 is 5.69 Å². The standard InChI is InChI=1S/C27H25N5O3/c1-18-12-13-21(16-19(18)2)28-24(33)17-31-27(35)32-23-11-7-6-10-22(23)25(34)30(26(32)29-31)15-14-20-8-4-3-5-9-20/h3-13,16H,14-15,17H2,1-2H3,(H,28,33). The van der Waals surface area contributed by atoms with Gasteiger partial charge in [-0.3, -0.25) is 14.2 Å². The summed E-state index contributed by atoms with van der Waals surface area (Å²) in [7, 11) is 0. The predicted octanol–water partition coefficient (Wildman–Crippen LogP) is 3.31. The predicted molar refractivity (Wildman–Crippen MR) is 136 cm³/mol. The first kappa shape index (κ1) is 22.3. The van der Waals surface area contributed by atoms with Gasteiger partial charge in [-0.15, -0.1) is 5.10 Å². The molecular formula is C27H25N5O3. The zero-order chi connectivity index (χ0) is 24.5. The van der Waals surface area contributed by atoms with E-state index >= 15 is 0 Å². The fourth-order valence-corrected chi connectivity index (χ4v) is 4.21. The number of hydrogen-bond acceptors (Lipinski definition) is 4. The number of aryl methyl sites for hydroxylation is 4. The molecule has 0 aliphatic carbocycles. The molecule has 35 heavy (non-hydrogen) atoms. The quantitative estimate of drug-likeness (QED) is 0.415.